The van der Waals surface area contributed by atoms with Crippen LogP contribution in [0.1, 0.15) is 38.2 Å². The topological polar surface area (TPSA) is 67.5 Å². The number of benzene rings is 2. The first kappa shape index (κ1) is 14.3. The van der Waals surface area contributed by atoms with Crippen LogP contribution in [0.5, 0.6) is 0 Å². The molecular weight excluding hydrogens is 274 g/mol. The van der Waals surface area contributed by atoms with Crippen LogP contribution in [0.2, 0.25) is 0 Å². The van der Waals surface area contributed by atoms with Crippen LogP contribution in [0.15, 0.2) is 41.4 Å². The number of nitrogens with one attached hydrogen (secondary N) is 1. The van der Waals surface area contributed by atoms with E-state index in [-0.39, 0.29) is 5.91 Å². The molecule has 112 valence electrons. The molecule has 0 radical (unpaired) electrons. The first-order chi connectivity index (χ1) is 10.5. The van der Waals surface area contributed by atoms with E-state index in [9.17, 15) is 4.79 Å². The lowest BCUT2D eigenvalue weighted by Gasteiger charge is -1.98. The Morgan fingerprint density at radius 2 is 1.64 bits per heavy atom. The average Bonchev–Trinajstić information content (AvgIpc) is 3.03. The minimum atomic E-state index is 0.0556. The highest BCUT2D eigenvalue weighted by molar-refractivity contribution is 6.00. The van der Waals surface area contributed by atoms with Crippen molar-refractivity contribution in [1.82, 2.24) is 5.32 Å². The fourth-order valence-corrected chi connectivity index (χ4v) is 2.72. The first-order valence-corrected chi connectivity index (χ1v) is 7.32. The second kappa shape index (κ2) is 5.64. The molecule has 3 N–H and O–H groups in total. The lowest BCUT2D eigenvalue weighted by atomic mass is 10.1. The number of aliphatic imine (C=N–C) groups is 1. The smallest absolute Gasteiger partial charge is 0.251 e. The molecule has 0 saturated heterocycles. The number of fused-ring (bicyclic) bond motifs is 2. The van der Waals surface area contributed by atoms with Crippen molar-refractivity contribution in [2.45, 2.75) is 26.9 Å². The van der Waals surface area contributed by atoms with Crippen molar-refractivity contribution in [3.8, 4) is 0 Å². The Balaban J connectivity index is 0.000000131. The Hall–Kier alpha value is -2.62. The fourth-order valence-electron chi connectivity index (χ4n) is 2.72. The van der Waals surface area contributed by atoms with Crippen LogP contribution in [-0.2, 0) is 13.1 Å². The Morgan fingerprint density at radius 1 is 1.00 bits per heavy atom. The van der Waals surface area contributed by atoms with Crippen LogP contribution in [0.3, 0.4) is 0 Å². The molecule has 0 unspecified atom stereocenters. The maximum Gasteiger partial charge on any atom is 0.251 e. The van der Waals surface area contributed by atoms with E-state index < -0.39 is 0 Å². The van der Waals surface area contributed by atoms with Gasteiger partial charge in [0.05, 0.1) is 6.54 Å². The number of amides is 1. The van der Waals surface area contributed by atoms with Crippen molar-refractivity contribution < 1.29 is 4.79 Å². The summed E-state index contributed by atoms with van der Waals surface area (Å²) >= 11 is 0. The summed E-state index contributed by atoms with van der Waals surface area (Å²) in [4.78, 5) is 15.2. The van der Waals surface area contributed by atoms with E-state index in [1.54, 1.807) is 0 Å². The molecule has 0 saturated carbocycles. The maximum atomic E-state index is 11.1. The molecule has 0 aliphatic carbocycles. The van der Waals surface area contributed by atoms with Crippen LogP contribution in [0.25, 0.3) is 0 Å². The molecule has 2 aromatic rings. The average molecular weight is 293 g/mol. The van der Waals surface area contributed by atoms with E-state index in [1.165, 1.54) is 16.7 Å². The van der Waals surface area contributed by atoms with Gasteiger partial charge in [0.25, 0.3) is 5.91 Å². The van der Waals surface area contributed by atoms with Crippen molar-refractivity contribution in [2.75, 3.05) is 0 Å². The van der Waals surface area contributed by atoms with E-state index >= 15 is 0 Å². The van der Waals surface area contributed by atoms with E-state index in [0.29, 0.717) is 12.4 Å². The van der Waals surface area contributed by atoms with Gasteiger partial charge >= 0.3 is 0 Å². The standard InChI is InChI=1S/C9H10N2.C9H9NO/c1-6-2-3-8-7(4-6)5-11-9(8)10;1-6-2-3-8-7(4-6)5-10-9(8)11/h2-4H,5H2,1H3,(H2,10,11);2-4H,5H2,1H3,(H,10,11). The Bertz CT molecular complexity index is 772. The zero-order valence-electron chi connectivity index (χ0n) is 12.8. The van der Waals surface area contributed by atoms with E-state index in [0.717, 1.165) is 23.2 Å². The van der Waals surface area contributed by atoms with Gasteiger partial charge in [-0.15, -0.1) is 0 Å². The van der Waals surface area contributed by atoms with Gasteiger partial charge in [0, 0.05) is 17.7 Å². The minimum absolute atomic E-state index is 0.0556. The van der Waals surface area contributed by atoms with Gasteiger partial charge in [-0.05, 0) is 31.0 Å². The molecule has 4 heteroatoms. The number of carbonyl (C=O) groups excluding carboxylic acids is 1. The summed E-state index contributed by atoms with van der Waals surface area (Å²) < 4.78 is 0. The molecule has 0 spiro atoms. The summed E-state index contributed by atoms with van der Waals surface area (Å²) in [5, 5.41) is 2.77. The summed E-state index contributed by atoms with van der Waals surface area (Å²) in [5.74, 6) is 0.736. The third kappa shape index (κ3) is 2.72. The molecule has 2 heterocycles. The van der Waals surface area contributed by atoms with Crippen LogP contribution in [-0.4, -0.2) is 11.7 Å². The molecule has 4 rings (SSSR count). The molecule has 0 atom stereocenters. The van der Waals surface area contributed by atoms with Gasteiger partial charge in [-0.2, -0.15) is 0 Å². The fraction of sp³-hybridized carbons (Fsp3) is 0.222. The highest BCUT2D eigenvalue weighted by atomic mass is 16.1. The van der Waals surface area contributed by atoms with Gasteiger partial charge in [0.2, 0.25) is 0 Å². The Labute approximate surface area is 130 Å². The number of aryl methyl sites for hydroxylation is 2. The van der Waals surface area contributed by atoms with Crippen LogP contribution < -0.4 is 11.1 Å². The van der Waals surface area contributed by atoms with E-state index in [1.807, 2.05) is 31.2 Å². The molecule has 2 aliphatic rings. The molecule has 0 bridgehead atoms. The summed E-state index contributed by atoms with van der Waals surface area (Å²) in [7, 11) is 0. The molecule has 1 amide bonds. The number of hydrogen-bond donors (Lipinski definition) is 2. The number of carbonyl (C=O) groups is 1. The highest BCUT2D eigenvalue weighted by Crippen LogP contribution is 2.18. The third-order valence-corrected chi connectivity index (χ3v) is 3.90. The molecular formula is C18H19N3O. The van der Waals surface area contributed by atoms with E-state index in [4.69, 9.17) is 5.73 Å². The lowest BCUT2D eigenvalue weighted by molar-refractivity contribution is 0.0966. The van der Waals surface area contributed by atoms with Gasteiger partial charge in [-0.1, -0.05) is 41.5 Å². The second-order valence-electron chi connectivity index (χ2n) is 5.71. The minimum Gasteiger partial charge on any atom is -0.383 e. The SMILES string of the molecule is Cc1ccc2c(c1)CN=C2N.Cc1ccc2c(c1)CNC2=O. The van der Waals surface area contributed by atoms with Crippen LogP contribution >= 0.6 is 0 Å². The Kier molecular flexibility index (Phi) is 3.67. The lowest BCUT2D eigenvalue weighted by Crippen LogP contribution is -2.12. The third-order valence-electron chi connectivity index (χ3n) is 3.90. The number of hydrogen-bond acceptors (Lipinski definition) is 3. The van der Waals surface area contributed by atoms with Gasteiger partial charge in [-0.3, -0.25) is 9.79 Å². The number of rotatable bonds is 0. The Morgan fingerprint density at radius 3 is 2.36 bits per heavy atom. The first-order valence-electron chi connectivity index (χ1n) is 7.32. The zero-order chi connectivity index (χ0) is 15.7. The van der Waals surface area contributed by atoms with Gasteiger partial charge < -0.3 is 11.1 Å². The number of nitrogens with zero attached hydrogens (tertiary/aromatic N) is 1. The summed E-state index contributed by atoms with van der Waals surface area (Å²) in [5.41, 5.74) is 12.4. The quantitative estimate of drug-likeness (QED) is 0.783. The van der Waals surface area contributed by atoms with Crippen molar-refractivity contribution in [1.29, 1.82) is 0 Å². The molecule has 2 aliphatic heterocycles. The van der Waals surface area contributed by atoms with Gasteiger partial charge in [-0.25, -0.2) is 0 Å². The molecule has 22 heavy (non-hydrogen) atoms. The highest BCUT2D eigenvalue weighted by Gasteiger charge is 2.17. The van der Waals surface area contributed by atoms with Crippen molar-refractivity contribution in [2.24, 2.45) is 10.7 Å². The molecule has 4 nitrogen and oxygen atoms in total. The number of amidine groups is 1. The van der Waals surface area contributed by atoms with Crippen LogP contribution in [0.4, 0.5) is 0 Å². The predicted molar refractivity (Wildman–Crippen MR) is 88.0 cm³/mol. The van der Waals surface area contributed by atoms with Crippen LogP contribution in [0, 0.1) is 13.8 Å². The predicted octanol–water partition coefficient (Wildman–Crippen LogP) is 2.45. The monoisotopic (exact) mass is 293 g/mol. The maximum absolute atomic E-state index is 11.1. The van der Waals surface area contributed by atoms with Crippen molar-refractivity contribution in [3.05, 3.63) is 69.8 Å². The normalized spacial score (nSPS) is 14.5. The molecule has 2 aromatic carbocycles. The molecule has 0 aromatic heterocycles. The molecule has 0 fully saturated rings. The van der Waals surface area contributed by atoms with Gasteiger partial charge in [0.1, 0.15) is 5.84 Å². The summed E-state index contributed by atoms with van der Waals surface area (Å²) in [6.45, 7) is 5.55. The van der Waals surface area contributed by atoms with E-state index in [2.05, 4.69) is 29.4 Å². The van der Waals surface area contributed by atoms with Crippen molar-refractivity contribution in [3.63, 3.8) is 0 Å². The second-order valence-corrected chi connectivity index (χ2v) is 5.71. The largest absolute Gasteiger partial charge is 0.383 e. The van der Waals surface area contributed by atoms with Crippen molar-refractivity contribution >= 4 is 11.7 Å². The van der Waals surface area contributed by atoms with Gasteiger partial charge in [0.15, 0.2) is 0 Å². The summed E-state index contributed by atoms with van der Waals surface area (Å²) in [6, 6.07) is 12.1. The zero-order valence-corrected chi connectivity index (χ0v) is 12.8. The summed E-state index contributed by atoms with van der Waals surface area (Å²) in [6.07, 6.45) is 0. The number of nitrogens with two attached hydrogens (primary N) is 1.